The molecule has 6 nitrogen and oxygen atoms in total. The Hall–Kier alpha value is -1.14. The number of ether oxygens (including phenoxy) is 1. The van der Waals surface area contributed by atoms with Gasteiger partial charge in [-0.3, -0.25) is 9.59 Å². The van der Waals surface area contributed by atoms with Crippen LogP contribution in [0.25, 0.3) is 0 Å². The van der Waals surface area contributed by atoms with Crippen LogP contribution >= 0.6 is 0 Å². The standard InChI is InChI=1S/C11H19N3O3/c12-10(15)8-3-1-2-5-14(8)11(16)9-7-13-4-6-17-9/h8-9,13H,1-7H2,(H2,12,15). The van der Waals surface area contributed by atoms with Crippen molar-refractivity contribution in [3.8, 4) is 0 Å². The van der Waals surface area contributed by atoms with Crippen LogP contribution in [0.15, 0.2) is 0 Å². The summed E-state index contributed by atoms with van der Waals surface area (Å²) in [6, 6.07) is -0.457. The van der Waals surface area contributed by atoms with E-state index in [1.807, 2.05) is 0 Å². The Balaban J connectivity index is 2.02. The first kappa shape index (κ1) is 12.3. The summed E-state index contributed by atoms with van der Waals surface area (Å²) >= 11 is 0. The summed E-state index contributed by atoms with van der Waals surface area (Å²) in [6.07, 6.45) is 2.07. The van der Waals surface area contributed by atoms with Crippen molar-refractivity contribution in [2.24, 2.45) is 5.73 Å². The van der Waals surface area contributed by atoms with Crippen LogP contribution in [0.1, 0.15) is 19.3 Å². The third kappa shape index (κ3) is 2.76. The van der Waals surface area contributed by atoms with Gasteiger partial charge in [0.1, 0.15) is 12.1 Å². The molecule has 2 amide bonds. The molecule has 96 valence electrons. The number of hydrogen-bond donors (Lipinski definition) is 2. The van der Waals surface area contributed by atoms with Crippen molar-refractivity contribution in [2.45, 2.75) is 31.4 Å². The highest BCUT2D eigenvalue weighted by Gasteiger charge is 2.35. The van der Waals surface area contributed by atoms with Crippen LogP contribution in [0.3, 0.4) is 0 Å². The molecule has 0 bridgehead atoms. The molecule has 2 fully saturated rings. The number of carbonyl (C=O) groups is 2. The second-order valence-electron chi connectivity index (χ2n) is 4.51. The van der Waals surface area contributed by atoms with Crippen LogP contribution in [-0.2, 0) is 14.3 Å². The summed E-state index contributed by atoms with van der Waals surface area (Å²) in [5.41, 5.74) is 5.34. The van der Waals surface area contributed by atoms with Crippen LogP contribution in [0, 0.1) is 0 Å². The number of hydrogen-bond acceptors (Lipinski definition) is 4. The molecular weight excluding hydrogens is 222 g/mol. The first-order chi connectivity index (χ1) is 8.20. The van der Waals surface area contributed by atoms with E-state index in [9.17, 15) is 9.59 Å². The van der Waals surface area contributed by atoms with Gasteiger partial charge in [-0.2, -0.15) is 0 Å². The Morgan fingerprint density at radius 3 is 2.82 bits per heavy atom. The Morgan fingerprint density at radius 1 is 1.35 bits per heavy atom. The highest BCUT2D eigenvalue weighted by Crippen LogP contribution is 2.18. The minimum absolute atomic E-state index is 0.110. The second-order valence-corrected chi connectivity index (χ2v) is 4.51. The fraction of sp³-hybridized carbons (Fsp3) is 0.818. The van der Waals surface area contributed by atoms with Gasteiger partial charge in [0.15, 0.2) is 0 Å². The first-order valence-corrected chi connectivity index (χ1v) is 6.12. The third-order valence-corrected chi connectivity index (χ3v) is 3.32. The lowest BCUT2D eigenvalue weighted by Gasteiger charge is -2.36. The average Bonchev–Trinajstić information content (AvgIpc) is 2.39. The van der Waals surface area contributed by atoms with Gasteiger partial charge >= 0.3 is 0 Å². The largest absolute Gasteiger partial charge is 0.368 e. The molecule has 6 heteroatoms. The molecule has 3 N–H and O–H groups in total. The highest BCUT2D eigenvalue weighted by atomic mass is 16.5. The van der Waals surface area contributed by atoms with E-state index in [0.717, 1.165) is 19.4 Å². The van der Waals surface area contributed by atoms with Crippen LogP contribution in [-0.4, -0.2) is 55.1 Å². The van der Waals surface area contributed by atoms with Gasteiger partial charge in [0, 0.05) is 19.6 Å². The molecule has 0 radical (unpaired) electrons. The number of nitrogens with zero attached hydrogens (tertiary/aromatic N) is 1. The molecule has 2 rings (SSSR count). The minimum Gasteiger partial charge on any atom is -0.368 e. The molecule has 2 unspecified atom stereocenters. The van der Waals surface area contributed by atoms with Crippen molar-refractivity contribution in [2.75, 3.05) is 26.2 Å². The number of likely N-dealkylation sites (tertiary alicyclic amines) is 1. The van der Waals surface area contributed by atoms with E-state index in [1.165, 1.54) is 0 Å². The molecule has 0 saturated carbocycles. The predicted molar refractivity (Wildman–Crippen MR) is 61.2 cm³/mol. The molecule has 0 aromatic carbocycles. The summed E-state index contributed by atoms with van der Waals surface area (Å²) in [5.74, 6) is -0.525. The van der Waals surface area contributed by atoms with Crippen molar-refractivity contribution >= 4 is 11.8 Å². The van der Waals surface area contributed by atoms with Gasteiger partial charge in [0.2, 0.25) is 5.91 Å². The lowest BCUT2D eigenvalue weighted by Crippen LogP contribution is -2.56. The number of carbonyl (C=O) groups excluding carboxylic acids is 2. The highest BCUT2D eigenvalue weighted by molar-refractivity contribution is 5.89. The monoisotopic (exact) mass is 241 g/mol. The number of primary amides is 1. The van der Waals surface area contributed by atoms with Crippen LogP contribution in [0.5, 0.6) is 0 Å². The average molecular weight is 241 g/mol. The fourth-order valence-corrected chi connectivity index (χ4v) is 2.40. The van der Waals surface area contributed by atoms with E-state index < -0.39 is 18.1 Å². The van der Waals surface area contributed by atoms with Crippen LogP contribution < -0.4 is 11.1 Å². The summed E-state index contributed by atoms with van der Waals surface area (Å²) in [5, 5.41) is 3.11. The lowest BCUT2D eigenvalue weighted by atomic mass is 10.0. The van der Waals surface area contributed by atoms with E-state index in [-0.39, 0.29) is 5.91 Å². The molecule has 2 heterocycles. The summed E-state index contributed by atoms with van der Waals surface area (Å²) < 4.78 is 5.42. The smallest absolute Gasteiger partial charge is 0.253 e. The Kier molecular flexibility index (Phi) is 3.96. The van der Waals surface area contributed by atoms with Gasteiger partial charge in [-0.1, -0.05) is 0 Å². The van der Waals surface area contributed by atoms with Crippen molar-refractivity contribution < 1.29 is 14.3 Å². The number of piperidine rings is 1. The number of nitrogens with two attached hydrogens (primary N) is 1. The molecule has 0 spiro atoms. The summed E-state index contributed by atoms with van der Waals surface area (Å²) in [4.78, 5) is 25.1. The first-order valence-electron chi connectivity index (χ1n) is 6.12. The second kappa shape index (κ2) is 5.46. The zero-order chi connectivity index (χ0) is 12.3. The molecule has 17 heavy (non-hydrogen) atoms. The third-order valence-electron chi connectivity index (χ3n) is 3.32. The molecule has 2 saturated heterocycles. The molecule has 0 aromatic heterocycles. The van der Waals surface area contributed by atoms with Crippen molar-refractivity contribution in [3.05, 3.63) is 0 Å². The Labute approximate surface area is 100 Å². The normalized spacial score (nSPS) is 30.0. The predicted octanol–water partition coefficient (Wildman–Crippen LogP) is -1.16. The van der Waals surface area contributed by atoms with E-state index in [2.05, 4.69) is 5.32 Å². The molecule has 2 atom stereocenters. The number of amides is 2. The van der Waals surface area contributed by atoms with Gasteiger partial charge < -0.3 is 20.7 Å². The number of nitrogens with one attached hydrogen (secondary N) is 1. The SMILES string of the molecule is NC(=O)C1CCCCN1C(=O)C1CNCCO1. The van der Waals surface area contributed by atoms with Gasteiger partial charge in [0.05, 0.1) is 6.61 Å². The van der Waals surface area contributed by atoms with Crippen molar-refractivity contribution in [3.63, 3.8) is 0 Å². The van der Waals surface area contributed by atoms with Crippen molar-refractivity contribution in [1.29, 1.82) is 0 Å². The van der Waals surface area contributed by atoms with E-state index in [4.69, 9.17) is 10.5 Å². The topological polar surface area (TPSA) is 84.7 Å². The summed E-state index contributed by atoms with van der Waals surface area (Å²) in [6.45, 7) is 2.42. The molecule has 2 aliphatic rings. The van der Waals surface area contributed by atoms with E-state index >= 15 is 0 Å². The molecule has 2 aliphatic heterocycles. The Bertz CT molecular complexity index is 302. The zero-order valence-corrected chi connectivity index (χ0v) is 9.85. The van der Waals surface area contributed by atoms with Gasteiger partial charge in [-0.05, 0) is 19.3 Å². The summed E-state index contributed by atoms with van der Waals surface area (Å²) in [7, 11) is 0. The maximum absolute atomic E-state index is 12.2. The van der Waals surface area contributed by atoms with Crippen LogP contribution in [0.2, 0.25) is 0 Å². The fourth-order valence-electron chi connectivity index (χ4n) is 2.40. The van der Waals surface area contributed by atoms with Gasteiger partial charge in [0.25, 0.3) is 5.91 Å². The number of morpholine rings is 1. The maximum Gasteiger partial charge on any atom is 0.253 e. The van der Waals surface area contributed by atoms with Crippen molar-refractivity contribution in [1.82, 2.24) is 10.2 Å². The van der Waals surface area contributed by atoms with E-state index in [0.29, 0.717) is 26.1 Å². The lowest BCUT2D eigenvalue weighted by molar-refractivity contribution is -0.152. The number of rotatable bonds is 2. The van der Waals surface area contributed by atoms with Gasteiger partial charge in [-0.15, -0.1) is 0 Å². The molecular formula is C11H19N3O3. The zero-order valence-electron chi connectivity index (χ0n) is 9.85. The van der Waals surface area contributed by atoms with Crippen LogP contribution in [0.4, 0.5) is 0 Å². The maximum atomic E-state index is 12.2. The quantitative estimate of drug-likeness (QED) is 0.639. The molecule has 0 aliphatic carbocycles. The Morgan fingerprint density at radius 2 is 2.18 bits per heavy atom. The molecule has 0 aromatic rings. The van der Waals surface area contributed by atoms with E-state index in [1.54, 1.807) is 4.90 Å². The minimum atomic E-state index is -0.469. The van der Waals surface area contributed by atoms with Gasteiger partial charge in [-0.25, -0.2) is 0 Å².